The summed E-state index contributed by atoms with van der Waals surface area (Å²) in [6.45, 7) is 9.54. The van der Waals surface area contributed by atoms with Crippen molar-refractivity contribution in [3.8, 4) is 0 Å². The molecule has 74 valence electrons. The fraction of sp³-hybridized carbons (Fsp3) is 1.00. The first-order chi connectivity index (χ1) is 5.70. The average molecular weight is 173 g/mol. The summed E-state index contributed by atoms with van der Waals surface area (Å²) >= 11 is 0. The molecule has 1 aliphatic rings. The number of unbranched alkanes of at least 4 members (excludes halogenated alkanes) is 1. The van der Waals surface area contributed by atoms with Crippen LogP contribution < -0.4 is 0 Å². The Balaban J connectivity index is 0.000000261. The van der Waals surface area contributed by atoms with E-state index in [1.807, 2.05) is 0 Å². The molecule has 1 heterocycles. The van der Waals surface area contributed by atoms with Crippen LogP contribution in [0.4, 0.5) is 0 Å². The average Bonchev–Trinajstić information content (AvgIpc) is 2.04. The Bertz CT molecular complexity index is 85.8. The quantitative estimate of drug-likeness (QED) is 0.602. The lowest BCUT2D eigenvalue weighted by Crippen LogP contribution is -2.38. The second-order valence-electron chi connectivity index (χ2n) is 3.44. The molecule has 1 atom stereocenters. The van der Waals surface area contributed by atoms with Crippen LogP contribution in [0.5, 0.6) is 0 Å². The summed E-state index contributed by atoms with van der Waals surface area (Å²) in [5.74, 6) is 0. The molecular formula is C10H23NO. The highest BCUT2D eigenvalue weighted by molar-refractivity contribution is 4.62. The van der Waals surface area contributed by atoms with Gasteiger partial charge in [-0.3, -0.25) is 0 Å². The highest BCUT2D eigenvalue weighted by Gasteiger charge is 2.11. The molecule has 0 aliphatic carbocycles. The minimum Gasteiger partial charge on any atom is -0.376 e. The smallest absolute Gasteiger partial charge is 0.0674 e. The SMILES string of the molecule is CCCC.C[C@H]1CN(C)CCO1. The zero-order valence-corrected chi connectivity index (χ0v) is 8.97. The van der Waals surface area contributed by atoms with Gasteiger partial charge in [-0.25, -0.2) is 0 Å². The highest BCUT2D eigenvalue weighted by Crippen LogP contribution is 1.99. The van der Waals surface area contributed by atoms with Crippen molar-refractivity contribution >= 4 is 0 Å². The van der Waals surface area contributed by atoms with Gasteiger partial charge >= 0.3 is 0 Å². The third-order valence-electron chi connectivity index (χ3n) is 1.94. The van der Waals surface area contributed by atoms with Gasteiger partial charge in [0.15, 0.2) is 0 Å². The minimum atomic E-state index is 0.439. The van der Waals surface area contributed by atoms with E-state index in [0.29, 0.717) is 6.10 Å². The minimum absolute atomic E-state index is 0.439. The molecule has 1 saturated heterocycles. The van der Waals surface area contributed by atoms with Crippen LogP contribution in [0.2, 0.25) is 0 Å². The molecule has 1 fully saturated rings. The van der Waals surface area contributed by atoms with Crippen molar-refractivity contribution in [2.45, 2.75) is 39.7 Å². The molecule has 2 nitrogen and oxygen atoms in total. The molecule has 0 unspecified atom stereocenters. The first-order valence-electron chi connectivity index (χ1n) is 5.00. The Morgan fingerprint density at radius 3 is 2.17 bits per heavy atom. The summed E-state index contributed by atoms with van der Waals surface area (Å²) in [5.41, 5.74) is 0. The molecule has 0 saturated carbocycles. The van der Waals surface area contributed by atoms with E-state index in [1.54, 1.807) is 0 Å². The van der Waals surface area contributed by atoms with Crippen molar-refractivity contribution in [3.63, 3.8) is 0 Å². The van der Waals surface area contributed by atoms with Crippen molar-refractivity contribution in [1.29, 1.82) is 0 Å². The Morgan fingerprint density at radius 2 is 1.92 bits per heavy atom. The monoisotopic (exact) mass is 173 g/mol. The van der Waals surface area contributed by atoms with Gasteiger partial charge in [0.2, 0.25) is 0 Å². The van der Waals surface area contributed by atoms with E-state index in [0.717, 1.165) is 19.7 Å². The summed E-state index contributed by atoms with van der Waals surface area (Å²) in [6.07, 6.45) is 3.08. The van der Waals surface area contributed by atoms with E-state index >= 15 is 0 Å². The van der Waals surface area contributed by atoms with Gasteiger partial charge < -0.3 is 9.64 Å². The van der Waals surface area contributed by atoms with Gasteiger partial charge in [-0.05, 0) is 14.0 Å². The largest absolute Gasteiger partial charge is 0.376 e. The molecule has 0 amide bonds. The zero-order valence-electron chi connectivity index (χ0n) is 8.97. The molecule has 0 aromatic rings. The number of nitrogens with zero attached hydrogens (tertiary/aromatic N) is 1. The van der Waals surface area contributed by atoms with E-state index in [-0.39, 0.29) is 0 Å². The molecule has 0 bridgehead atoms. The lowest BCUT2D eigenvalue weighted by Gasteiger charge is -2.27. The van der Waals surface area contributed by atoms with E-state index in [2.05, 4.69) is 32.7 Å². The van der Waals surface area contributed by atoms with Crippen molar-refractivity contribution in [3.05, 3.63) is 0 Å². The van der Waals surface area contributed by atoms with Crippen LogP contribution >= 0.6 is 0 Å². The third-order valence-corrected chi connectivity index (χ3v) is 1.94. The van der Waals surface area contributed by atoms with Crippen LogP contribution in [0, 0.1) is 0 Å². The molecule has 12 heavy (non-hydrogen) atoms. The lowest BCUT2D eigenvalue weighted by atomic mass is 10.3. The van der Waals surface area contributed by atoms with E-state index < -0.39 is 0 Å². The van der Waals surface area contributed by atoms with Crippen molar-refractivity contribution < 1.29 is 4.74 Å². The molecule has 1 rings (SSSR count). The molecule has 0 radical (unpaired) electrons. The lowest BCUT2D eigenvalue weighted by molar-refractivity contribution is -0.00861. The topological polar surface area (TPSA) is 12.5 Å². The van der Waals surface area contributed by atoms with Crippen molar-refractivity contribution in [1.82, 2.24) is 4.90 Å². The van der Waals surface area contributed by atoms with Crippen molar-refractivity contribution in [2.75, 3.05) is 26.7 Å². The number of likely N-dealkylation sites (N-methyl/N-ethyl adjacent to an activating group) is 1. The Morgan fingerprint density at radius 1 is 1.33 bits per heavy atom. The maximum absolute atomic E-state index is 5.31. The first kappa shape index (κ1) is 11.9. The second kappa shape index (κ2) is 7.56. The number of hydrogen-bond donors (Lipinski definition) is 0. The Labute approximate surface area is 76.9 Å². The number of hydrogen-bond acceptors (Lipinski definition) is 2. The van der Waals surface area contributed by atoms with Crippen molar-refractivity contribution in [2.24, 2.45) is 0 Å². The van der Waals surface area contributed by atoms with Crippen LogP contribution in [0.1, 0.15) is 33.6 Å². The predicted octanol–water partition coefficient (Wildman–Crippen LogP) is 2.14. The summed E-state index contributed by atoms with van der Waals surface area (Å²) in [6, 6.07) is 0. The van der Waals surface area contributed by atoms with Crippen LogP contribution in [0.15, 0.2) is 0 Å². The van der Waals surface area contributed by atoms with Crippen LogP contribution in [-0.2, 0) is 4.74 Å². The summed E-state index contributed by atoms with van der Waals surface area (Å²) in [7, 11) is 2.12. The molecule has 0 aromatic carbocycles. The molecule has 0 aromatic heterocycles. The first-order valence-corrected chi connectivity index (χ1v) is 5.00. The van der Waals surface area contributed by atoms with Gasteiger partial charge in [0, 0.05) is 13.1 Å². The number of morpholine rings is 1. The van der Waals surface area contributed by atoms with Gasteiger partial charge in [-0.1, -0.05) is 26.7 Å². The van der Waals surface area contributed by atoms with Crippen LogP contribution in [0.25, 0.3) is 0 Å². The molecule has 0 N–H and O–H groups in total. The fourth-order valence-corrected chi connectivity index (χ4v) is 0.993. The zero-order chi connectivity index (χ0) is 9.40. The van der Waals surface area contributed by atoms with Gasteiger partial charge in [0.05, 0.1) is 12.7 Å². The van der Waals surface area contributed by atoms with E-state index in [9.17, 15) is 0 Å². The number of rotatable bonds is 1. The fourth-order valence-electron chi connectivity index (χ4n) is 0.993. The summed E-state index contributed by atoms with van der Waals surface area (Å²) in [4.78, 5) is 2.29. The van der Waals surface area contributed by atoms with Gasteiger partial charge in [0.1, 0.15) is 0 Å². The predicted molar refractivity (Wildman–Crippen MR) is 53.5 cm³/mol. The van der Waals surface area contributed by atoms with E-state index in [1.165, 1.54) is 12.8 Å². The molecular weight excluding hydrogens is 150 g/mol. The summed E-state index contributed by atoms with van der Waals surface area (Å²) < 4.78 is 5.31. The molecule has 0 spiro atoms. The number of ether oxygens (including phenoxy) is 1. The standard InChI is InChI=1S/C6H13NO.C4H10/c1-6-5-7(2)3-4-8-6;1-3-4-2/h6H,3-5H2,1-2H3;3-4H2,1-2H3/t6-;/m0./s1. The maximum Gasteiger partial charge on any atom is 0.0674 e. The van der Waals surface area contributed by atoms with Crippen LogP contribution in [0.3, 0.4) is 0 Å². The van der Waals surface area contributed by atoms with E-state index in [4.69, 9.17) is 4.74 Å². The third kappa shape index (κ3) is 6.62. The van der Waals surface area contributed by atoms with Gasteiger partial charge in [-0.15, -0.1) is 0 Å². The van der Waals surface area contributed by atoms with Crippen LogP contribution in [-0.4, -0.2) is 37.7 Å². The molecule has 2 heteroatoms. The Kier molecular flexibility index (Phi) is 7.51. The maximum atomic E-state index is 5.31. The van der Waals surface area contributed by atoms with Gasteiger partial charge in [0.25, 0.3) is 0 Å². The van der Waals surface area contributed by atoms with Gasteiger partial charge in [-0.2, -0.15) is 0 Å². The summed E-state index contributed by atoms with van der Waals surface area (Å²) in [5, 5.41) is 0. The molecule has 1 aliphatic heterocycles. The normalized spacial score (nSPS) is 24.5. The second-order valence-corrected chi connectivity index (χ2v) is 3.44. The highest BCUT2D eigenvalue weighted by atomic mass is 16.5. The Hall–Kier alpha value is -0.0800.